The van der Waals surface area contributed by atoms with Gasteiger partial charge in [-0.3, -0.25) is 9.78 Å². The first-order chi connectivity index (χ1) is 10.1. The van der Waals surface area contributed by atoms with E-state index in [-0.39, 0.29) is 11.5 Å². The summed E-state index contributed by atoms with van der Waals surface area (Å²) >= 11 is 0. The quantitative estimate of drug-likeness (QED) is 0.667. The summed E-state index contributed by atoms with van der Waals surface area (Å²) in [6.45, 7) is 1.95. The Morgan fingerprint density at radius 2 is 2.00 bits per heavy atom. The van der Waals surface area contributed by atoms with Gasteiger partial charge in [0.2, 0.25) is 5.88 Å². The minimum Gasteiger partial charge on any atom is -0.436 e. The van der Waals surface area contributed by atoms with Crippen LogP contribution in [0.2, 0.25) is 0 Å². The van der Waals surface area contributed by atoms with Crippen LogP contribution in [0.15, 0.2) is 41.3 Å². The van der Waals surface area contributed by atoms with E-state index in [9.17, 15) is 4.79 Å². The predicted molar refractivity (Wildman–Crippen MR) is 82.4 cm³/mol. The van der Waals surface area contributed by atoms with Crippen LogP contribution in [0.25, 0.3) is 10.8 Å². The Morgan fingerprint density at radius 1 is 1.19 bits per heavy atom. The fraction of sp³-hybridized carbons (Fsp3) is 0.0667. The lowest BCUT2D eigenvalue weighted by atomic mass is 10.1. The number of anilines is 2. The standard InChI is InChI=1S/C15H14N4O2/c1-8-4-5-9-10(7-8)15(19-14(20)12(9)16)21-11-3-2-6-18-13(11)17/h2-7H,16H2,1H3,(H2,17,18)(H,19,20). The molecule has 0 atom stereocenters. The number of ether oxygens (including phenoxy) is 1. The molecule has 5 N–H and O–H groups in total. The first kappa shape index (κ1) is 13.0. The van der Waals surface area contributed by atoms with E-state index in [1.807, 2.05) is 19.1 Å². The van der Waals surface area contributed by atoms with E-state index in [1.165, 1.54) is 0 Å². The average Bonchev–Trinajstić information content (AvgIpc) is 2.46. The van der Waals surface area contributed by atoms with Crippen molar-refractivity contribution >= 4 is 22.3 Å². The minimum atomic E-state index is -0.399. The molecule has 2 heterocycles. The molecular formula is C15H14N4O2. The van der Waals surface area contributed by atoms with Crippen molar-refractivity contribution in [3.05, 3.63) is 52.4 Å². The van der Waals surface area contributed by atoms with Crippen LogP contribution < -0.4 is 21.8 Å². The van der Waals surface area contributed by atoms with Gasteiger partial charge in [0, 0.05) is 17.0 Å². The van der Waals surface area contributed by atoms with Crippen molar-refractivity contribution in [1.82, 2.24) is 9.97 Å². The second-order valence-corrected chi connectivity index (χ2v) is 4.73. The molecule has 3 aromatic rings. The molecule has 0 spiro atoms. The van der Waals surface area contributed by atoms with Crippen LogP contribution in [0, 0.1) is 6.92 Å². The van der Waals surface area contributed by atoms with Crippen molar-refractivity contribution in [2.24, 2.45) is 0 Å². The van der Waals surface area contributed by atoms with E-state index < -0.39 is 5.56 Å². The highest BCUT2D eigenvalue weighted by Crippen LogP contribution is 2.31. The molecule has 0 aliphatic heterocycles. The zero-order valence-electron chi connectivity index (χ0n) is 11.4. The Balaban J connectivity index is 2.23. The zero-order chi connectivity index (χ0) is 15.0. The van der Waals surface area contributed by atoms with Crippen LogP contribution in [0.5, 0.6) is 11.6 Å². The second-order valence-electron chi connectivity index (χ2n) is 4.73. The molecule has 1 aromatic carbocycles. The summed E-state index contributed by atoms with van der Waals surface area (Å²) in [5.41, 5.74) is 12.4. The maximum atomic E-state index is 11.9. The lowest BCUT2D eigenvalue weighted by molar-refractivity contribution is 0.468. The number of aromatic nitrogens is 2. The third-order valence-electron chi connectivity index (χ3n) is 3.19. The number of hydrogen-bond acceptors (Lipinski definition) is 5. The van der Waals surface area contributed by atoms with Gasteiger partial charge in [0.25, 0.3) is 5.56 Å². The number of benzene rings is 1. The normalized spacial score (nSPS) is 10.7. The Labute approximate surface area is 120 Å². The molecule has 0 amide bonds. The summed E-state index contributed by atoms with van der Waals surface area (Å²) in [6.07, 6.45) is 1.57. The van der Waals surface area contributed by atoms with Crippen molar-refractivity contribution in [2.75, 3.05) is 11.5 Å². The second kappa shape index (κ2) is 4.82. The molecule has 106 valence electrons. The van der Waals surface area contributed by atoms with E-state index in [4.69, 9.17) is 16.2 Å². The van der Waals surface area contributed by atoms with Gasteiger partial charge in [-0.15, -0.1) is 0 Å². The number of nitrogens with zero attached hydrogens (tertiary/aromatic N) is 1. The molecule has 2 aromatic heterocycles. The minimum absolute atomic E-state index is 0.163. The maximum absolute atomic E-state index is 11.9. The lowest BCUT2D eigenvalue weighted by Crippen LogP contribution is -2.13. The van der Waals surface area contributed by atoms with Crippen molar-refractivity contribution in [3.8, 4) is 11.6 Å². The Hall–Kier alpha value is -3.02. The number of hydrogen-bond donors (Lipinski definition) is 3. The summed E-state index contributed by atoms with van der Waals surface area (Å²) in [6, 6.07) is 8.96. The van der Waals surface area contributed by atoms with Gasteiger partial charge in [-0.2, -0.15) is 0 Å². The van der Waals surface area contributed by atoms with Crippen molar-refractivity contribution in [1.29, 1.82) is 0 Å². The molecule has 6 heteroatoms. The highest BCUT2D eigenvalue weighted by atomic mass is 16.5. The van der Waals surface area contributed by atoms with Gasteiger partial charge in [0.05, 0.1) is 0 Å². The van der Waals surface area contributed by atoms with E-state index >= 15 is 0 Å². The number of nitrogens with one attached hydrogen (secondary N) is 1. The number of H-pyrrole nitrogens is 1. The van der Waals surface area contributed by atoms with Crippen LogP contribution >= 0.6 is 0 Å². The Kier molecular flexibility index (Phi) is 2.98. The van der Waals surface area contributed by atoms with Crippen LogP contribution in [0.1, 0.15) is 5.56 Å². The van der Waals surface area contributed by atoms with Gasteiger partial charge >= 0.3 is 0 Å². The van der Waals surface area contributed by atoms with Crippen molar-refractivity contribution in [2.45, 2.75) is 6.92 Å². The predicted octanol–water partition coefficient (Wildman–Crippen LogP) is 2.19. The smallest absolute Gasteiger partial charge is 0.274 e. The largest absolute Gasteiger partial charge is 0.436 e. The summed E-state index contributed by atoms with van der Waals surface area (Å²) in [4.78, 5) is 18.5. The van der Waals surface area contributed by atoms with Crippen LogP contribution in [-0.2, 0) is 0 Å². The molecule has 0 saturated heterocycles. The molecule has 0 radical (unpaired) electrons. The van der Waals surface area contributed by atoms with Crippen LogP contribution in [-0.4, -0.2) is 9.97 Å². The van der Waals surface area contributed by atoms with Gasteiger partial charge in [0.15, 0.2) is 11.6 Å². The number of nitrogen functional groups attached to an aromatic ring is 2. The molecule has 0 aliphatic carbocycles. The summed E-state index contributed by atoms with van der Waals surface area (Å²) in [7, 11) is 0. The fourth-order valence-corrected chi connectivity index (χ4v) is 2.12. The lowest BCUT2D eigenvalue weighted by Gasteiger charge is -2.11. The zero-order valence-corrected chi connectivity index (χ0v) is 11.4. The number of aryl methyl sites for hydroxylation is 1. The molecule has 0 fully saturated rings. The first-order valence-corrected chi connectivity index (χ1v) is 6.36. The van der Waals surface area contributed by atoms with E-state index in [2.05, 4.69) is 9.97 Å². The van der Waals surface area contributed by atoms with Gasteiger partial charge in [0.1, 0.15) is 5.69 Å². The molecule has 3 rings (SSSR count). The molecule has 0 aliphatic rings. The number of fused-ring (bicyclic) bond motifs is 1. The highest BCUT2D eigenvalue weighted by Gasteiger charge is 2.12. The third kappa shape index (κ3) is 2.27. The summed E-state index contributed by atoms with van der Waals surface area (Å²) in [5, 5.41) is 1.36. The highest BCUT2D eigenvalue weighted by molar-refractivity contribution is 5.96. The number of pyridine rings is 2. The summed E-state index contributed by atoms with van der Waals surface area (Å²) in [5.74, 6) is 0.921. The molecule has 21 heavy (non-hydrogen) atoms. The van der Waals surface area contributed by atoms with E-state index in [0.717, 1.165) is 10.9 Å². The Bertz CT molecular complexity index is 886. The molecule has 0 saturated carbocycles. The first-order valence-electron chi connectivity index (χ1n) is 6.36. The van der Waals surface area contributed by atoms with Crippen LogP contribution in [0.3, 0.4) is 0 Å². The summed E-state index contributed by atoms with van der Waals surface area (Å²) < 4.78 is 5.71. The van der Waals surface area contributed by atoms with Gasteiger partial charge < -0.3 is 16.2 Å². The number of aromatic amines is 1. The van der Waals surface area contributed by atoms with Crippen molar-refractivity contribution in [3.63, 3.8) is 0 Å². The monoisotopic (exact) mass is 282 g/mol. The molecule has 0 unspecified atom stereocenters. The van der Waals surface area contributed by atoms with Crippen molar-refractivity contribution < 1.29 is 4.74 Å². The SMILES string of the molecule is Cc1ccc2c(N)c(=O)[nH]c(Oc3cccnc3N)c2c1. The van der Waals surface area contributed by atoms with Gasteiger partial charge in [-0.1, -0.05) is 17.7 Å². The molecule has 0 bridgehead atoms. The van der Waals surface area contributed by atoms with Gasteiger partial charge in [-0.05, 0) is 25.1 Å². The van der Waals surface area contributed by atoms with Crippen LogP contribution in [0.4, 0.5) is 11.5 Å². The number of nitrogens with two attached hydrogens (primary N) is 2. The van der Waals surface area contributed by atoms with E-state index in [0.29, 0.717) is 17.0 Å². The van der Waals surface area contributed by atoms with Gasteiger partial charge in [-0.25, -0.2) is 4.98 Å². The Morgan fingerprint density at radius 3 is 2.76 bits per heavy atom. The van der Waals surface area contributed by atoms with E-state index in [1.54, 1.807) is 24.4 Å². The number of rotatable bonds is 2. The maximum Gasteiger partial charge on any atom is 0.274 e. The molecule has 6 nitrogen and oxygen atoms in total. The molecular weight excluding hydrogens is 268 g/mol. The topological polar surface area (TPSA) is 107 Å². The average molecular weight is 282 g/mol. The third-order valence-corrected chi connectivity index (χ3v) is 3.19. The fourth-order valence-electron chi connectivity index (χ4n) is 2.12.